The first kappa shape index (κ1) is 23.9. The van der Waals surface area contributed by atoms with Crippen molar-refractivity contribution in [2.24, 2.45) is 0 Å². The molecule has 0 atom stereocenters. The van der Waals surface area contributed by atoms with Crippen LogP contribution in [0.4, 0.5) is 10.5 Å². The quantitative estimate of drug-likeness (QED) is 0.661. The van der Waals surface area contributed by atoms with Crippen molar-refractivity contribution in [3.8, 4) is 0 Å². The van der Waals surface area contributed by atoms with E-state index in [9.17, 15) is 13.2 Å². The molecular formula is C20H31KN3O3SSi. The van der Waals surface area contributed by atoms with Crippen molar-refractivity contribution in [1.82, 2.24) is 9.62 Å². The van der Waals surface area contributed by atoms with Gasteiger partial charge in [-0.3, -0.25) is 0 Å². The Kier molecular flexibility index (Phi) is 7.43. The molecule has 1 aliphatic heterocycles. The third kappa shape index (κ3) is 5.36. The molecule has 155 valence electrons. The van der Waals surface area contributed by atoms with Crippen molar-refractivity contribution in [2.75, 3.05) is 24.6 Å². The second-order valence-corrected chi connectivity index (χ2v) is 17.1. The fourth-order valence-corrected chi connectivity index (χ4v) is 7.73. The molecule has 2 aliphatic carbocycles. The van der Waals surface area contributed by atoms with Gasteiger partial charge in [0.2, 0.25) is 10.0 Å². The summed E-state index contributed by atoms with van der Waals surface area (Å²) in [5.41, 5.74) is 5.93. The zero-order valence-electron chi connectivity index (χ0n) is 18.1. The Morgan fingerprint density at radius 3 is 2.14 bits per heavy atom. The maximum atomic E-state index is 12.6. The number of benzene rings is 1. The van der Waals surface area contributed by atoms with E-state index in [4.69, 9.17) is 0 Å². The number of likely N-dealkylation sites (tertiary alicyclic amines) is 1. The van der Waals surface area contributed by atoms with Gasteiger partial charge in [0.05, 0.1) is 8.07 Å². The van der Waals surface area contributed by atoms with Crippen LogP contribution in [0.15, 0.2) is 6.07 Å². The molecule has 2 N–H and O–H groups in total. The predicted octanol–water partition coefficient (Wildman–Crippen LogP) is 2.30. The SMILES string of the molecule is C[Si](C)(C)CN1CC(S(=O)(=O)NC(=O)Nc2c3c(cc4c2CCC4)CCC3)C1.[K]. The second kappa shape index (κ2) is 9.01. The van der Waals surface area contributed by atoms with Crippen LogP contribution in [0.2, 0.25) is 19.6 Å². The van der Waals surface area contributed by atoms with Crippen molar-refractivity contribution >= 4 is 81.2 Å². The van der Waals surface area contributed by atoms with Crippen molar-refractivity contribution in [1.29, 1.82) is 0 Å². The average Bonchev–Trinajstić information content (AvgIpc) is 3.17. The second-order valence-electron chi connectivity index (χ2n) is 9.71. The molecule has 1 radical (unpaired) electrons. The Labute approximate surface area is 218 Å². The van der Waals surface area contributed by atoms with Crippen LogP contribution in [-0.2, 0) is 35.7 Å². The van der Waals surface area contributed by atoms with Crippen molar-refractivity contribution in [3.05, 3.63) is 28.3 Å². The average molecular weight is 461 g/mol. The molecule has 6 nitrogen and oxygen atoms in total. The molecule has 0 bridgehead atoms. The summed E-state index contributed by atoms with van der Waals surface area (Å²) in [7, 11) is -4.90. The molecule has 9 heteroatoms. The summed E-state index contributed by atoms with van der Waals surface area (Å²) in [6.45, 7) is 7.86. The first-order chi connectivity index (χ1) is 13.1. The van der Waals surface area contributed by atoms with Crippen LogP contribution in [-0.4, -0.2) is 103 Å². The van der Waals surface area contributed by atoms with Gasteiger partial charge >= 0.3 is 6.03 Å². The third-order valence-corrected chi connectivity index (χ3v) is 9.05. The molecule has 0 saturated carbocycles. The van der Waals surface area contributed by atoms with Gasteiger partial charge in [0.15, 0.2) is 0 Å². The number of nitrogens with zero attached hydrogens (tertiary/aromatic N) is 1. The van der Waals surface area contributed by atoms with Gasteiger partial charge in [-0.15, -0.1) is 0 Å². The molecule has 4 rings (SSSR count). The summed E-state index contributed by atoms with van der Waals surface area (Å²) in [4.78, 5) is 14.8. The summed E-state index contributed by atoms with van der Waals surface area (Å²) < 4.78 is 27.5. The van der Waals surface area contributed by atoms with Crippen LogP contribution in [0.25, 0.3) is 0 Å². The van der Waals surface area contributed by atoms with Crippen LogP contribution in [0.5, 0.6) is 0 Å². The number of nitrogens with one attached hydrogen (secondary N) is 2. The number of aryl methyl sites for hydroxylation is 2. The molecule has 1 fully saturated rings. The largest absolute Gasteiger partial charge is 0.332 e. The fraction of sp³-hybridized carbons (Fsp3) is 0.650. The summed E-state index contributed by atoms with van der Waals surface area (Å²) >= 11 is 0. The van der Waals surface area contributed by atoms with Gasteiger partial charge in [-0.25, -0.2) is 17.9 Å². The van der Waals surface area contributed by atoms with E-state index in [1.165, 1.54) is 22.3 Å². The van der Waals surface area contributed by atoms with Gasteiger partial charge < -0.3 is 10.2 Å². The van der Waals surface area contributed by atoms with Gasteiger partial charge in [0.1, 0.15) is 5.25 Å². The van der Waals surface area contributed by atoms with E-state index >= 15 is 0 Å². The summed E-state index contributed by atoms with van der Waals surface area (Å²) in [5, 5.41) is 2.42. The van der Waals surface area contributed by atoms with Crippen molar-refractivity contribution in [3.63, 3.8) is 0 Å². The molecular weight excluding hydrogens is 429 g/mol. The topological polar surface area (TPSA) is 78.5 Å². The van der Waals surface area contributed by atoms with Gasteiger partial charge in [0.25, 0.3) is 0 Å². The Bertz CT molecular complexity index is 876. The molecule has 1 aromatic rings. The van der Waals surface area contributed by atoms with Crippen LogP contribution >= 0.6 is 0 Å². The molecule has 0 spiro atoms. The normalized spacial score (nSPS) is 19.1. The van der Waals surface area contributed by atoms with Crippen LogP contribution < -0.4 is 10.0 Å². The van der Waals surface area contributed by atoms with Gasteiger partial charge in [-0.2, -0.15) is 0 Å². The standard InChI is InChI=1S/C20H31N3O3SSi.K/c1-28(2,3)13-23-11-16(12-23)27(25,26)22-20(24)21-19-17-8-4-6-14(17)10-15-7-5-9-18(15)19;/h10,16H,4-9,11-13H2,1-3H3,(H2,21,22,24);. The maximum Gasteiger partial charge on any atom is 0.332 e. The van der Waals surface area contributed by atoms with Gasteiger partial charge in [-0.05, 0) is 66.9 Å². The summed E-state index contributed by atoms with van der Waals surface area (Å²) in [5.74, 6) is 0. The predicted molar refractivity (Wildman–Crippen MR) is 121 cm³/mol. The van der Waals surface area contributed by atoms with E-state index in [2.05, 4.69) is 40.6 Å². The van der Waals surface area contributed by atoms with Crippen LogP contribution in [0.3, 0.4) is 0 Å². The maximum absolute atomic E-state index is 12.6. The van der Waals surface area contributed by atoms with E-state index in [1.54, 1.807) is 0 Å². The Balaban J connectivity index is 0.00000240. The monoisotopic (exact) mass is 460 g/mol. The van der Waals surface area contributed by atoms with Crippen molar-refractivity contribution < 1.29 is 13.2 Å². The number of anilines is 1. The number of carbonyl (C=O) groups is 1. The Hall–Kier alpha value is 0.253. The smallest absolute Gasteiger partial charge is 0.307 e. The number of amides is 2. The number of hydrogen-bond donors (Lipinski definition) is 2. The van der Waals surface area contributed by atoms with Gasteiger partial charge in [0, 0.05) is 70.2 Å². The van der Waals surface area contributed by atoms with E-state index < -0.39 is 29.4 Å². The Morgan fingerprint density at radius 1 is 1.07 bits per heavy atom. The van der Waals surface area contributed by atoms with E-state index in [0.29, 0.717) is 13.1 Å². The first-order valence-corrected chi connectivity index (χ1v) is 15.6. The molecule has 29 heavy (non-hydrogen) atoms. The number of rotatable bonds is 5. The minimum absolute atomic E-state index is 0. The molecule has 2 amide bonds. The number of urea groups is 1. The molecule has 1 aromatic carbocycles. The number of hydrogen-bond acceptors (Lipinski definition) is 4. The summed E-state index contributed by atoms with van der Waals surface area (Å²) in [6.07, 6.45) is 7.20. The number of carbonyl (C=O) groups excluding carboxylic acids is 1. The molecule has 3 aliphatic rings. The van der Waals surface area contributed by atoms with E-state index in [-0.39, 0.29) is 51.4 Å². The fourth-order valence-electron chi connectivity index (χ4n) is 4.84. The molecule has 0 unspecified atom stereocenters. The zero-order chi connectivity index (χ0) is 20.1. The molecule has 1 saturated heterocycles. The minimum Gasteiger partial charge on any atom is -0.307 e. The Morgan fingerprint density at radius 2 is 1.62 bits per heavy atom. The van der Waals surface area contributed by atoms with Gasteiger partial charge in [-0.1, -0.05) is 25.7 Å². The third-order valence-electron chi connectivity index (χ3n) is 6.01. The number of sulfonamides is 1. The first-order valence-electron chi connectivity index (χ1n) is 10.3. The van der Waals surface area contributed by atoms with Crippen LogP contribution in [0, 0.1) is 0 Å². The van der Waals surface area contributed by atoms with E-state index in [1.807, 2.05) is 0 Å². The molecule has 0 aromatic heterocycles. The zero-order valence-corrected chi connectivity index (χ0v) is 23.0. The molecule has 1 heterocycles. The minimum atomic E-state index is -3.65. The van der Waals surface area contributed by atoms with E-state index in [0.717, 1.165) is 50.4 Å². The van der Waals surface area contributed by atoms with Crippen molar-refractivity contribution in [2.45, 2.75) is 63.4 Å². The number of fused-ring (bicyclic) bond motifs is 2. The van der Waals surface area contributed by atoms with Crippen LogP contribution in [0.1, 0.15) is 35.1 Å². The summed E-state index contributed by atoms with van der Waals surface area (Å²) in [6, 6.07) is 1.68.